The SMILES string of the molecule is C=C(N)NCCC[C@H](NC(=O)[C@H](C)NC(=O)[C@@H](CO)NC(=O)OCC(C)C)C(O)C(=O)NCCc1ccccc1. The zero-order chi connectivity index (χ0) is 30.1. The van der Waals surface area contributed by atoms with Crippen molar-refractivity contribution in [2.75, 3.05) is 26.3 Å². The van der Waals surface area contributed by atoms with E-state index in [1.54, 1.807) is 0 Å². The van der Waals surface area contributed by atoms with Crippen LogP contribution in [-0.2, 0) is 25.5 Å². The third kappa shape index (κ3) is 13.8. The van der Waals surface area contributed by atoms with Gasteiger partial charge in [0, 0.05) is 13.1 Å². The second-order valence-electron chi connectivity index (χ2n) is 9.78. The third-order valence-electron chi connectivity index (χ3n) is 5.67. The number of aliphatic hydroxyl groups excluding tert-OH is 2. The number of hydrogen-bond donors (Lipinski definition) is 8. The van der Waals surface area contributed by atoms with Gasteiger partial charge in [0.2, 0.25) is 11.8 Å². The summed E-state index contributed by atoms with van der Waals surface area (Å²) in [7, 11) is 0. The van der Waals surface area contributed by atoms with E-state index in [0.717, 1.165) is 5.56 Å². The van der Waals surface area contributed by atoms with Crippen LogP contribution in [0.1, 0.15) is 39.2 Å². The molecule has 4 atom stereocenters. The fourth-order valence-corrected chi connectivity index (χ4v) is 3.45. The highest BCUT2D eigenvalue weighted by Gasteiger charge is 2.30. The van der Waals surface area contributed by atoms with Gasteiger partial charge in [0.25, 0.3) is 5.91 Å². The van der Waals surface area contributed by atoms with Gasteiger partial charge >= 0.3 is 6.09 Å². The number of benzene rings is 1. The van der Waals surface area contributed by atoms with Crippen molar-refractivity contribution < 1.29 is 34.1 Å². The molecule has 0 aromatic heterocycles. The number of nitrogens with one attached hydrogen (secondary N) is 5. The molecule has 224 valence electrons. The first-order valence-corrected chi connectivity index (χ1v) is 13.3. The molecule has 9 N–H and O–H groups in total. The number of nitrogens with two attached hydrogens (primary N) is 1. The minimum Gasteiger partial charge on any atom is -0.449 e. The van der Waals surface area contributed by atoms with Crippen LogP contribution < -0.4 is 32.3 Å². The largest absolute Gasteiger partial charge is 0.449 e. The number of amides is 4. The van der Waals surface area contributed by atoms with E-state index < -0.39 is 54.7 Å². The van der Waals surface area contributed by atoms with Crippen molar-refractivity contribution in [2.45, 2.75) is 64.3 Å². The summed E-state index contributed by atoms with van der Waals surface area (Å²) < 4.78 is 4.95. The lowest BCUT2D eigenvalue weighted by atomic mass is 10.0. The monoisotopic (exact) mass is 564 g/mol. The average Bonchev–Trinajstić information content (AvgIpc) is 2.91. The van der Waals surface area contributed by atoms with E-state index in [0.29, 0.717) is 19.4 Å². The Morgan fingerprint density at radius 2 is 1.62 bits per heavy atom. The first-order chi connectivity index (χ1) is 18.9. The molecule has 1 aromatic carbocycles. The van der Waals surface area contributed by atoms with E-state index in [9.17, 15) is 29.4 Å². The van der Waals surface area contributed by atoms with Gasteiger partial charge in [0.05, 0.1) is 25.1 Å². The Morgan fingerprint density at radius 1 is 0.950 bits per heavy atom. The summed E-state index contributed by atoms with van der Waals surface area (Å²) in [6.07, 6.45) is -1.23. The molecule has 0 bridgehead atoms. The number of carbonyl (C=O) groups is 4. The number of ether oxygens (including phenoxy) is 1. The van der Waals surface area contributed by atoms with Gasteiger partial charge in [0.15, 0.2) is 6.10 Å². The van der Waals surface area contributed by atoms with Crippen molar-refractivity contribution in [3.63, 3.8) is 0 Å². The van der Waals surface area contributed by atoms with Crippen LogP contribution in [0.15, 0.2) is 42.7 Å². The van der Waals surface area contributed by atoms with Gasteiger partial charge in [-0.2, -0.15) is 0 Å². The molecule has 4 amide bonds. The highest BCUT2D eigenvalue weighted by atomic mass is 16.5. The molecule has 0 saturated heterocycles. The first kappa shape index (κ1) is 34.2. The predicted molar refractivity (Wildman–Crippen MR) is 149 cm³/mol. The molecule has 0 saturated carbocycles. The van der Waals surface area contributed by atoms with Gasteiger partial charge in [-0.15, -0.1) is 0 Å². The fraction of sp³-hybridized carbons (Fsp3) is 0.556. The van der Waals surface area contributed by atoms with Crippen molar-refractivity contribution in [3.05, 3.63) is 48.3 Å². The van der Waals surface area contributed by atoms with Crippen LogP contribution in [0.25, 0.3) is 0 Å². The fourth-order valence-electron chi connectivity index (χ4n) is 3.45. The van der Waals surface area contributed by atoms with Crippen LogP contribution in [0.3, 0.4) is 0 Å². The van der Waals surface area contributed by atoms with Crippen LogP contribution in [0, 0.1) is 5.92 Å². The minimum atomic E-state index is -1.56. The zero-order valence-corrected chi connectivity index (χ0v) is 23.4. The van der Waals surface area contributed by atoms with Crippen molar-refractivity contribution in [2.24, 2.45) is 11.7 Å². The van der Waals surface area contributed by atoms with E-state index in [-0.39, 0.29) is 31.3 Å². The summed E-state index contributed by atoms with van der Waals surface area (Å²) >= 11 is 0. The van der Waals surface area contributed by atoms with Crippen molar-refractivity contribution in [1.82, 2.24) is 26.6 Å². The van der Waals surface area contributed by atoms with Gasteiger partial charge in [-0.1, -0.05) is 50.8 Å². The standard InChI is InChI=1S/C27H44N6O7/c1-17(2)16-40-27(39)33-22(15-34)25(37)31-18(3)24(36)32-21(11-8-13-29-19(4)28)23(35)26(38)30-14-12-20-9-6-5-7-10-20/h5-7,9-10,17-18,21-23,29,34-35H,4,8,11-16,28H2,1-3H3,(H,30,38)(H,31,37)(H,32,36)(H,33,39)/t18-,21-,22+,23?/m0/s1. The van der Waals surface area contributed by atoms with Gasteiger partial charge in [0.1, 0.15) is 12.1 Å². The topological polar surface area (TPSA) is 204 Å². The molecular formula is C27H44N6O7. The molecule has 0 aliphatic carbocycles. The van der Waals surface area contributed by atoms with Crippen LogP contribution in [0.2, 0.25) is 0 Å². The number of hydrogen-bond acceptors (Lipinski definition) is 9. The highest BCUT2D eigenvalue weighted by Crippen LogP contribution is 2.06. The molecule has 1 aromatic rings. The zero-order valence-electron chi connectivity index (χ0n) is 23.4. The van der Waals surface area contributed by atoms with E-state index in [1.165, 1.54) is 6.92 Å². The number of alkyl carbamates (subject to hydrolysis) is 1. The summed E-state index contributed by atoms with van der Waals surface area (Å²) in [4.78, 5) is 49.9. The maximum absolute atomic E-state index is 12.9. The lowest BCUT2D eigenvalue weighted by molar-refractivity contribution is -0.134. The van der Waals surface area contributed by atoms with Crippen molar-refractivity contribution >= 4 is 23.8 Å². The molecular weight excluding hydrogens is 520 g/mol. The Bertz CT molecular complexity index is 960. The van der Waals surface area contributed by atoms with E-state index in [4.69, 9.17) is 10.5 Å². The molecule has 0 aliphatic rings. The Labute approximate surface area is 235 Å². The molecule has 1 rings (SSSR count). The predicted octanol–water partition coefficient (Wildman–Crippen LogP) is -0.761. The Morgan fingerprint density at radius 3 is 2.23 bits per heavy atom. The number of aliphatic hydroxyl groups is 2. The molecule has 13 heteroatoms. The first-order valence-electron chi connectivity index (χ1n) is 13.3. The van der Waals surface area contributed by atoms with Gasteiger partial charge in [-0.05, 0) is 37.7 Å². The Kier molecular flexibility index (Phi) is 15.8. The summed E-state index contributed by atoms with van der Waals surface area (Å²) in [6.45, 7) is 8.71. The molecule has 13 nitrogen and oxygen atoms in total. The normalized spacial score (nSPS) is 13.8. The summed E-state index contributed by atoms with van der Waals surface area (Å²) in [5, 5.41) is 33.0. The summed E-state index contributed by atoms with van der Waals surface area (Å²) in [6, 6.07) is 6.07. The van der Waals surface area contributed by atoms with Gasteiger partial charge in [-0.25, -0.2) is 4.79 Å². The summed E-state index contributed by atoms with van der Waals surface area (Å²) in [5.74, 6) is -1.80. The number of rotatable bonds is 18. The molecule has 0 aliphatic heterocycles. The van der Waals surface area contributed by atoms with Gasteiger partial charge in [-0.3, -0.25) is 14.4 Å². The minimum absolute atomic E-state index is 0.0787. The quantitative estimate of drug-likeness (QED) is 0.105. The van der Waals surface area contributed by atoms with Gasteiger partial charge < -0.3 is 47.3 Å². The lowest BCUT2D eigenvalue weighted by Crippen LogP contribution is -2.57. The van der Waals surface area contributed by atoms with E-state index >= 15 is 0 Å². The van der Waals surface area contributed by atoms with Crippen LogP contribution in [0.5, 0.6) is 0 Å². The highest BCUT2D eigenvalue weighted by molar-refractivity contribution is 5.91. The second-order valence-corrected chi connectivity index (χ2v) is 9.78. The lowest BCUT2D eigenvalue weighted by Gasteiger charge is -2.26. The molecule has 0 fully saturated rings. The van der Waals surface area contributed by atoms with Crippen molar-refractivity contribution in [1.29, 1.82) is 0 Å². The molecule has 0 spiro atoms. The molecule has 0 radical (unpaired) electrons. The third-order valence-corrected chi connectivity index (χ3v) is 5.67. The Hall–Kier alpha value is -3.84. The van der Waals surface area contributed by atoms with Crippen LogP contribution >= 0.6 is 0 Å². The van der Waals surface area contributed by atoms with Crippen LogP contribution in [0.4, 0.5) is 4.79 Å². The average molecular weight is 565 g/mol. The van der Waals surface area contributed by atoms with E-state index in [1.807, 2.05) is 44.2 Å². The maximum atomic E-state index is 12.9. The van der Waals surface area contributed by atoms with Crippen molar-refractivity contribution in [3.8, 4) is 0 Å². The molecule has 0 heterocycles. The second kappa shape index (κ2) is 18.4. The molecule has 1 unspecified atom stereocenters. The smallest absolute Gasteiger partial charge is 0.407 e. The number of carbonyl (C=O) groups excluding carboxylic acids is 4. The van der Waals surface area contributed by atoms with E-state index in [2.05, 4.69) is 33.2 Å². The Balaban J connectivity index is 2.74. The maximum Gasteiger partial charge on any atom is 0.407 e. The summed E-state index contributed by atoms with van der Waals surface area (Å²) in [5.41, 5.74) is 6.52. The molecule has 40 heavy (non-hydrogen) atoms. The van der Waals surface area contributed by atoms with Crippen LogP contribution in [-0.4, -0.2) is 84.6 Å².